The van der Waals surface area contributed by atoms with Crippen molar-refractivity contribution in [3.05, 3.63) is 110 Å². The molecule has 0 bridgehead atoms. The maximum absolute atomic E-state index is 14.3. The molecular formula is C34H28Cl3F2N5O2. The lowest BCUT2D eigenvalue weighted by Gasteiger charge is -2.23. The first-order valence-corrected chi connectivity index (χ1v) is 15.2. The van der Waals surface area contributed by atoms with Crippen molar-refractivity contribution in [2.24, 2.45) is 7.05 Å². The van der Waals surface area contributed by atoms with E-state index < -0.39 is 29.2 Å². The third-order valence-corrected chi connectivity index (χ3v) is 8.26. The lowest BCUT2D eigenvalue weighted by molar-refractivity contribution is -0.121. The maximum atomic E-state index is 14.3. The van der Waals surface area contributed by atoms with Gasteiger partial charge in [0.2, 0.25) is 5.91 Å². The number of aromatic nitrogens is 3. The number of carbonyl (C=O) groups is 1. The van der Waals surface area contributed by atoms with Crippen molar-refractivity contribution in [1.29, 1.82) is 0 Å². The van der Waals surface area contributed by atoms with E-state index in [9.17, 15) is 18.7 Å². The van der Waals surface area contributed by atoms with Gasteiger partial charge in [0.1, 0.15) is 22.9 Å². The standard InChI is InChI=1S/C34H28Cl3F2N5O2/c1-34(2,46)12-11-22-7-8-23(24-9-10-25(35)29-32(24)44(3)43-33(29)40)31(41-22)27(15-18-13-20(38)17-21(39)14-18)42-28(45)16-19-5-4-6-26(36)30(19)37/h4-10,13-14,17,27,46H,15-16H2,1-3H3,(H2,40,43)(H,42,45). The highest BCUT2D eigenvalue weighted by Crippen LogP contribution is 2.39. The molecule has 0 aliphatic rings. The molecule has 0 saturated heterocycles. The van der Waals surface area contributed by atoms with E-state index in [1.807, 2.05) is 0 Å². The Labute approximate surface area is 279 Å². The average Bonchev–Trinajstić information content (AvgIpc) is 3.27. The molecule has 2 aromatic heterocycles. The predicted octanol–water partition coefficient (Wildman–Crippen LogP) is 7.22. The molecule has 4 N–H and O–H groups in total. The van der Waals surface area contributed by atoms with Crippen LogP contribution in [0.1, 0.15) is 42.4 Å². The van der Waals surface area contributed by atoms with Gasteiger partial charge in [-0.15, -0.1) is 0 Å². The number of nitrogen functional groups attached to an aromatic ring is 1. The number of nitrogens with two attached hydrogens (primary N) is 1. The zero-order valence-corrected chi connectivity index (χ0v) is 27.2. The van der Waals surface area contributed by atoms with Crippen LogP contribution in [-0.2, 0) is 24.7 Å². The summed E-state index contributed by atoms with van der Waals surface area (Å²) in [6.07, 6.45) is -0.180. The normalized spacial score (nSPS) is 12.1. The topological polar surface area (TPSA) is 106 Å². The number of amides is 1. The molecular weight excluding hydrogens is 655 g/mol. The first-order chi connectivity index (χ1) is 21.7. The number of pyridine rings is 1. The number of benzene rings is 3. The molecule has 46 heavy (non-hydrogen) atoms. The van der Waals surface area contributed by atoms with E-state index in [1.54, 1.807) is 54.2 Å². The van der Waals surface area contributed by atoms with Gasteiger partial charge in [0.15, 0.2) is 5.82 Å². The zero-order chi connectivity index (χ0) is 33.3. The number of carbonyl (C=O) groups excluding carboxylic acids is 1. The Morgan fingerprint density at radius 2 is 1.74 bits per heavy atom. The summed E-state index contributed by atoms with van der Waals surface area (Å²) in [5.74, 6) is 3.86. The van der Waals surface area contributed by atoms with Crippen molar-refractivity contribution in [3.8, 4) is 23.0 Å². The Morgan fingerprint density at radius 3 is 2.43 bits per heavy atom. The molecule has 0 aliphatic heterocycles. The molecule has 5 aromatic rings. The second-order valence-electron chi connectivity index (χ2n) is 11.3. The molecule has 1 unspecified atom stereocenters. The Bertz CT molecular complexity index is 2030. The maximum Gasteiger partial charge on any atom is 0.225 e. The number of hydrogen-bond donors (Lipinski definition) is 3. The molecule has 7 nitrogen and oxygen atoms in total. The summed E-state index contributed by atoms with van der Waals surface area (Å²) in [6.45, 7) is 3.07. The number of hydrogen-bond acceptors (Lipinski definition) is 5. The highest BCUT2D eigenvalue weighted by molar-refractivity contribution is 6.42. The van der Waals surface area contributed by atoms with Crippen molar-refractivity contribution in [3.63, 3.8) is 0 Å². The molecule has 1 atom stereocenters. The van der Waals surface area contributed by atoms with Gasteiger partial charge in [0.25, 0.3) is 0 Å². The Balaban J connectivity index is 1.71. The number of rotatable bonds is 7. The van der Waals surface area contributed by atoms with Crippen LogP contribution in [0.4, 0.5) is 14.6 Å². The molecule has 236 valence electrons. The number of nitrogens with one attached hydrogen (secondary N) is 1. The van der Waals surface area contributed by atoms with Gasteiger partial charge < -0.3 is 16.2 Å². The van der Waals surface area contributed by atoms with Gasteiger partial charge >= 0.3 is 0 Å². The fourth-order valence-corrected chi connectivity index (χ4v) is 5.80. The average molecular weight is 683 g/mol. The third-order valence-electron chi connectivity index (χ3n) is 7.09. The highest BCUT2D eigenvalue weighted by Gasteiger charge is 2.25. The minimum atomic E-state index is -1.31. The summed E-state index contributed by atoms with van der Waals surface area (Å²) in [5, 5.41) is 19.0. The van der Waals surface area contributed by atoms with Crippen molar-refractivity contribution in [2.75, 3.05) is 5.73 Å². The Morgan fingerprint density at radius 1 is 1.04 bits per heavy atom. The van der Waals surface area contributed by atoms with Crippen molar-refractivity contribution in [2.45, 2.75) is 38.3 Å². The van der Waals surface area contributed by atoms with Gasteiger partial charge in [-0.05, 0) is 73.7 Å². The quantitative estimate of drug-likeness (QED) is 0.157. The van der Waals surface area contributed by atoms with Crippen molar-refractivity contribution >= 4 is 57.4 Å². The van der Waals surface area contributed by atoms with Gasteiger partial charge in [0, 0.05) is 24.2 Å². The van der Waals surface area contributed by atoms with E-state index in [-0.39, 0.29) is 34.9 Å². The minimum Gasteiger partial charge on any atom is -0.382 e. The largest absolute Gasteiger partial charge is 0.382 e. The first kappa shape index (κ1) is 33.2. The zero-order valence-electron chi connectivity index (χ0n) is 24.9. The van der Waals surface area contributed by atoms with E-state index in [1.165, 1.54) is 26.0 Å². The van der Waals surface area contributed by atoms with E-state index >= 15 is 0 Å². The van der Waals surface area contributed by atoms with Gasteiger partial charge in [-0.1, -0.05) is 58.9 Å². The summed E-state index contributed by atoms with van der Waals surface area (Å²) in [4.78, 5) is 18.4. The summed E-state index contributed by atoms with van der Waals surface area (Å²) in [7, 11) is 1.72. The van der Waals surface area contributed by atoms with Crippen LogP contribution in [-0.4, -0.2) is 31.4 Å². The second-order valence-corrected chi connectivity index (χ2v) is 12.4. The van der Waals surface area contributed by atoms with Crippen LogP contribution in [0.15, 0.2) is 60.7 Å². The van der Waals surface area contributed by atoms with Crippen molar-refractivity contribution < 1.29 is 18.7 Å². The number of aryl methyl sites for hydroxylation is 1. The predicted molar refractivity (Wildman–Crippen MR) is 178 cm³/mol. The molecule has 3 aromatic carbocycles. The smallest absolute Gasteiger partial charge is 0.225 e. The lowest BCUT2D eigenvalue weighted by atomic mass is 9.93. The minimum absolute atomic E-state index is 0.0453. The lowest BCUT2D eigenvalue weighted by Crippen LogP contribution is -2.32. The van der Waals surface area contributed by atoms with E-state index in [4.69, 9.17) is 45.5 Å². The fraction of sp³-hybridized carbons (Fsp3) is 0.206. The van der Waals surface area contributed by atoms with Crippen LogP contribution < -0.4 is 11.1 Å². The second kappa shape index (κ2) is 13.3. The van der Waals surface area contributed by atoms with Crippen LogP contribution in [0.2, 0.25) is 15.1 Å². The first-order valence-electron chi connectivity index (χ1n) is 14.0. The molecule has 0 radical (unpaired) electrons. The SMILES string of the molecule is Cn1nc(N)c2c(Cl)ccc(-c3ccc(C#CC(C)(C)O)nc3C(Cc3cc(F)cc(F)c3)NC(=O)Cc3cccc(Cl)c3Cl)c21. The van der Waals surface area contributed by atoms with E-state index in [2.05, 4.69) is 22.3 Å². The summed E-state index contributed by atoms with van der Waals surface area (Å²) in [6, 6.07) is 14.1. The van der Waals surface area contributed by atoms with Crippen LogP contribution in [0.5, 0.6) is 0 Å². The molecule has 0 fully saturated rings. The molecule has 0 aliphatic carbocycles. The van der Waals surface area contributed by atoms with Crippen molar-refractivity contribution in [1.82, 2.24) is 20.1 Å². The Hall–Kier alpha value is -4.20. The number of aliphatic hydroxyl groups is 1. The molecule has 1 amide bonds. The van der Waals surface area contributed by atoms with Gasteiger partial charge in [-0.3, -0.25) is 9.48 Å². The van der Waals surface area contributed by atoms with E-state index in [0.29, 0.717) is 43.3 Å². The third kappa shape index (κ3) is 7.43. The highest BCUT2D eigenvalue weighted by atomic mass is 35.5. The number of nitrogens with zero attached hydrogens (tertiary/aromatic N) is 3. The molecule has 0 saturated carbocycles. The van der Waals surface area contributed by atoms with Gasteiger partial charge in [-0.2, -0.15) is 5.10 Å². The summed E-state index contributed by atoms with van der Waals surface area (Å²) < 4.78 is 30.3. The molecule has 5 rings (SSSR count). The van der Waals surface area contributed by atoms with E-state index in [0.717, 1.165) is 6.07 Å². The van der Waals surface area contributed by atoms with Crippen LogP contribution >= 0.6 is 34.8 Å². The van der Waals surface area contributed by atoms with Crippen LogP contribution in [0, 0.1) is 23.5 Å². The molecule has 2 heterocycles. The summed E-state index contributed by atoms with van der Waals surface area (Å²) in [5.41, 5.74) is 8.08. The number of halogens is 5. The molecule has 12 heteroatoms. The van der Waals surface area contributed by atoms with Crippen LogP contribution in [0.25, 0.3) is 22.0 Å². The fourth-order valence-electron chi connectivity index (χ4n) is 5.16. The molecule has 0 spiro atoms. The number of fused-ring (bicyclic) bond motifs is 1. The number of anilines is 1. The van der Waals surface area contributed by atoms with Crippen LogP contribution in [0.3, 0.4) is 0 Å². The van der Waals surface area contributed by atoms with Gasteiger partial charge in [-0.25, -0.2) is 13.8 Å². The monoisotopic (exact) mass is 681 g/mol. The summed E-state index contributed by atoms with van der Waals surface area (Å²) >= 11 is 19.1. The Kier molecular flexibility index (Phi) is 9.57. The van der Waals surface area contributed by atoms with Gasteiger partial charge in [0.05, 0.1) is 44.1 Å².